The lowest BCUT2D eigenvalue weighted by Gasteiger charge is -1.61. The topological polar surface area (TPSA) is 9.23 Å². The van der Waals surface area contributed by atoms with Crippen LogP contribution >= 0.6 is 0 Å². The van der Waals surface area contributed by atoms with E-state index in [1.54, 1.807) is 14.2 Å². The van der Waals surface area contributed by atoms with Crippen LogP contribution in [0.25, 0.3) is 0 Å². The highest BCUT2D eigenvalue weighted by Crippen LogP contribution is 1.28. The third-order valence-corrected chi connectivity index (χ3v) is 0. The van der Waals surface area contributed by atoms with Crippen LogP contribution in [0.2, 0.25) is 0 Å². The van der Waals surface area contributed by atoms with Crippen molar-refractivity contribution in [2.75, 3.05) is 14.2 Å². The fourth-order valence-electron chi connectivity index (χ4n) is 0. The van der Waals surface area contributed by atoms with Crippen molar-refractivity contribution in [1.29, 1.82) is 0 Å². The molecular formula is C7H22O. The summed E-state index contributed by atoms with van der Waals surface area (Å²) in [4.78, 5) is 0. The molecule has 56 valence electrons. The average molecular weight is 122 g/mol. The molecule has 8 heavy (non-hydrogen) atoms. The third-order valence-electron chi connectivity index (χ3n) is 0. The summed E-state index contributed by atoms with van der Waals surface area (Å²) in [5.74, 6) is 0. The molecule has 0 aliphatic rings. The van der Waals surface area contributed by atoms with Gasteiger partial charge in [-0.1, -0.05) is 35.1 Å². The molecule has 0 fully saturated rings. The number of methoxy groups -OCH3 is 1. The Balaban J connectivity index is -0.0000000147. The van der Waals surface area contributed by atoms with Crippen LogP contribution in [0.5, 0.6) is 0 Å². The van der Waals surface area contributed by atoms with Crippen LogP contribution in [0.3, 0.4) is 0 Å². The zero-order valence-electron chi connectivity index (χ0n) is 6.41. The number of ether oxygens (including phenoxy) is 1. The van der Waals surface area contributed by atoms with Crippen LogP contribution in [0.4, 0.5) is 0 Å². The summed E-state index contributed by atoms with van der Waals surface area (Å²) >= 11 is 0. The number of hydrogen-bond acceptors (Lipinski definition) is 1. The smallest absolute Gasteiger partial charge is 0.0351 e. The molecule has 0 aliphatic carbocycles. The monoisotopic (exact) mass is 122 g/mol. The van der Waals surface area contributed by atoms with Crippen LogP contribution in [0, 0.1) is 0 Å². The van der Waals surface area contributed by atoms with Crippen LogP contribution in [-0.2, 0) is 4.74 Å². The van der Waals surface area contributed by atoms with Crippen LogP contribution in [-0.4, -0.2) is 14.2 Å². The standard InChI is InChI=1S/C2H6O.2C2H6.CH4/c1-3-2;2*1-2;/h1-2H3;2*1-2H3;1H4. The van der Waals surface area contributed by atoms with Crippen LogP contribution < -0.4 is 0 Å². The van der Waals surface area contributed by atoms with Crippen LogP contribution in [0.1, 0.15) is 35.1 Å². The lowest BCUT2D eigenvalue weighted by atomic mass is 11.0. The molecule has 0 N–H and O–H groups in total. The highest BCUT2D eigenvalue weighted by Gasteiger charge is 1.25. The van der Waals surface area contributed by atoms with Gasteiger partial charge >= 0.3 is 0 Å². The Morgan fingerprint density at radius 2 is 0.750 bits per heavy atom. The fourth-order valence-corrected chi connectivity index (χ4v) is 0. The molecule has 0 aromatic rings. The maximum Gasteiger partial charge on any atom is 0.0351 e. The first-order valence-corrected chi connectivity index (χ1v) is 2.82. The summed E-state index contributed by atoms with van der Waals surface area (Å²) < 4.78 is 4.25. The predicted octanol–water partition coefficient (Wildman–Crippen LogP) is 2.95. The minimum Gasteiger partial charge on any atom is -0.388 e. The molecule has 1 heteroatoms. The predicted molar refractivity (Wildman–Crippen MR) is 42.4 cm³/mol. The molecule has 1 nitrogen and oxygen atoms in total. The van der Waals surface area contributed by atoms with E-state index in [2.05, 4.69) is 4.74 Å². The van der Waals surface area contributed by atoms with E-state index in [0.29, 0.717) is 0 Å². The van der Waals surface area contributed by atoms with Crippen molar-refractivity contribution >= 4 is 0 Å². The Morgan fingerprint density at radius 3 is 0.750 bits per heavy atom. The maximum absolute atomic E-state index is 4.25. The Labute approximate surface area is 55.1 Å². The van der Waals surface area contributed by atoms with Gasteiger partial charge in [-0.3, -0.25) is 0 Å². The molecule has 0 bridgehead atoms. The van der Waals surface area contributed by atoms with E-state index in [-0.39, 0.29) is 7.43 Å². The van der Waals surface area contributed by atoms with E-state index >= 15 is 0 Å². The zero-order chi connectivity index (χ0) is 6.71. The first kappa shape index (κ1) is 24.6. The van der Waals surface area contributed by atoms with Gasteiger partial charge in [0.25, 0.3) is 0 Å². The quantitative estimate of drug-likeness (QED) is 0.480. The summed E-state index contributed by atoms with van der Waals surface area (Å²) in [6.45, 7) is 8.00. The Hall–Kier alpha value is -0.0400. The van der Waals surface area contributed by atoms with Gasteiger partial charge in [-0.05, 0) is 0 Å². The van der Waals surface area contributed by atoms with Gasteiger partial charge in [0.05, 0.1) is 0 Å². The van der Waals surface area contributed by atoms with Crippen molar-refractivity contribution in [3.63, 3.8) is 0 Å². The van der Waals surface area contributed by atoms with Gasteiger partial charge < -0.3 is 4.74 Å². The third kappa shape index (κ3) is 91600. The molecule has 0 aliphatic heterocycles. The fraction of sp³-hybridized carbons (Fsp3) is 1.00. The average Bonchev–Trinajstić information content (AvgIpc) is 1.78. The van der Waals surface area contributed by atoms with Gasteiger partial charge in [-0.15, -0.1) is 0 Å². The Bertz CT molecular complexity index is 4.35. The first-order chi connectivity index (χ1) is 3.41. The lowest BCUT2D eigenvalue weighted by Crippen LogP contribution is -1.55. The largest absolute Gasteiger partial charge is 0.388 e. The molecule has 0 atom stereocenters. The highest BCUT2D eigenvalue weighted by molar-refractivity contribution is 3.56. The molecule has 0 aromatic heterocycles. The summed E-state index contributed by atoms with van der Waals surface area (Å²) in [5.41, 5.74) is 0. The van der Waals surface area contributed by atoms with E-state index in [4.69, 9.17) is 0 Å². The van der Waals surface area contributed by atoms with E-state index in [1.165, 1.54) is 0 Å². The summed E-state index contributed by atoms with van der Waals surface area (Å²) in [6, 6.07) is 0. The molecule has 0 heterocycles. The van der Waals surface area contributed by atoms with Gasteiger partial charge in [-0.2, -0.15) is 0 Å². The molecule has 0 unspecified atom stereocenters. The molecule has 0 radical (unpaired) electrons. The van der Waals surface area contributed by atoms with Gasteiger partial charge in [0.15, 0.2) is 0 Å². The number of rotatable bonds is 0. The summed E-state index contributed by atoms with van der Waals surface area (Å²) in [6.07, 6.45) is 0. The van der Waals surface area contributed by atoms with Crippen molar-refractivity contribution in [2.24, 2.45) is 0 Å². The minimum absolute atomic E-state index is 0. The van der Waals surface area contributed by atoms with E-state index in [9.17, 15) is 0 Å². The van der Waals surface area contributed by atoms with Gasteiger partial charge in [0, 0.05) is 14.2 Å². The number of hydrogen-bond donors (Lipinski definition) is 0. The highest BCUT2D eigenvalue weighted by atomic mass is 16.4. The first-order valence-electron chi connectivity index (χ1n) is 2.82. The Morgan fingerprint density at radius 1 is 0.750 bits per heavy atom. The lowest BCUT2D eigenvalue weighted by molar-refractivity contribution is 0.277. The second kappa shape index (κ2) is 268. The van der Waals surface area contributed by atoms with Crippen molar-refractivity contribution in [3.8, 4) is 0 Å². The van der Waals surface area contributed by atoms with E-state index in [1.807, 2.05) is 27.7 Å². The van der Waals surface area contributed by atoms with E-state index in [0.717, 1.165) is 0 Å². The molecule has 0 rings (SSSR count). The molecular weight excluding hydrogens is 100 g/mol. The zero-order valence-corrected chi connectivity index (χ0v) is 6.41. The van der Waals surface area contributed by atoms with Crippen molar-refractivity contribution in [1.82, 2.24) is 0 Å². The van der Waals surface area contributed by atoms with Crippen molar-refractivity contribution in [2.45, 2.75) is 35.1 Å². The maximum atomic E-state index is 4.25. The second-order valence-electron chi connectivity index (χ2n) is 0.408. The summed E-state index contributed by atoms with van der Waals surface area (Å²) in [5, 5.41) is 0. The molecule has 0 aromatic carbocycles. The molecule has 0 saturated heterocycles. The second-order valence-corrected chi connectivity index (χ2v) is 0.408. The van der Waals surface area contributed by atoms with Gasteiger partial charge in [0.2, 0.25) is 0 Å². The van der Waals surface area contributed by atoms with Gasteiger partial charge in [-0.25, -0.2) is 0 Å². The van der Waals surface area contributed by atoms with Crippen LogP contribution in [0.15, 0.2) is 0 Å². The SMILES string of the molecule is C.CC.CC.COC. The van der Waals surface area contributed by atoms with Crippen molar-refractivity contribution < 1.29 is 4.74 Å². The molecule has 0 amide bonds. The van der Waals surface area contributed by atoms with Gasteiger partial charge in [0.1, 0.15) is 0 Å². The summed E-state index contributed by atoms with van der Waals surface area (Å²) in [7, 11) is 3.25. The van der Waals surface area contributed by atoms with Crippen molar-refractivity contribution in [3.05, 3.63) is 0 Å². The Kier molecular flexibility index (Phi) is 825. The normalized spacial score (nSPS) is 3.75. The molecule has 0 saturated carbocycles. The van der Waals surface area contributed by atoms with E-state index < -0.39 is 0 Å². The molecule has 0 spiro atoms. The minimum atomic E-state index is 0.